The molecule has 1 heterocycles. The van der Waals surface area contributed by atoms with Gasteiger partial charge < -0.3 is 10.4 Å². The summed E-state index contributed by atoms with van der Waals surface area (Å²) in [4.78, 5) is 26.4. The quantitative estimate of drug-likeness (QED) is 0.703. The number of amides is 1. The van der Waals surface area contributed by atoms with Gasteiger partial charge in [0.2, 0.25) is 5.91 Å². The molecular weight excluding hydrogens is 246 g/mol. The molecule has 0 spiro atoms. The minimum absolute atomic E-state index is 0.0559. The fourth-order valence-electron chi connectivity index (χ4n) is 2.11. The van der Waals surface area contributed by atoms with Crippen LogP contribution in [-0.4, -0.2) is 72.6 Å². The molecule has 19 heavy (non-hydrogen) atoms. The molecule has 0 aromatic carbocycles. The van der Waals surface area contributed by atoms with Crippen molar-refractivity contribution < 1.29 is 14.7 Å². The molecule has 0 aliphatic carbocycles. The first-order valence-corrected chi connectivity index (χ1v) is 6.90. The Morgan fingerprint density at radius 2 is 1.68 bits per heavy atom. The van der Waals surface area contributed by atoms with Gasteiger partial charge in [0.15, 0.2) is 0 Å². The summed E-state index contributed by atoms with van der Waals surface area (Å²) >= 11 is 0. The normalized spacial score (nSPS) is 18.3. The second-order valence-corrected chi connectivity index (χ2v) is 5.50. The molecule has 0 unspecified atom stereocenters. The van der Waals surface area contributed by atoms with Gasteiger partial charge >= 0.3 is 5.97 Å². The lowest BCUT2D eigenvalue weighted by Crippen LogP contribution is -2.40. The lowest BCUT2D eigenvalue weighted by Gasteiger charge is -2.20. The highest BCUT2D eigenvalue weighted by Gasteiger charge is 2.18. The highest BCUT2D eigenvalue weighted by Crippen LogP contribution is 2.02. The Morgan fingerprint density at radius 1 is 1.11 bits per heavy atom. The summed E-state index contributed by atoms with van der Waals surface area (Å²) in [5, 5.41) is 11.7. The Kier molecular flexibility index (Phi) is 6.80. The van der Waals surface area contributed by atoms with Crippen LogP contribution in [0.15, 0.2) is 0 Å². The van der Waals surface area contributed by atoms with Crippen molar-refractivity contribution in [3.05, 3.63) is 0 Å². The number of aliphatic carboxylic acids is 1. The smallest absolute Gasteiger partial charge is 0.317 e. The van der Waals surface area contributed by atoms with Gasteiger partial charge in [-0.1, -0.05) is 13.8 Å². The van der Waals surface area contributed by atoms with Crippen LogP contribution in [0.1, 0.15) is 20.3 Å². The Morgan fingerprint density at radius 3 is 2.21 bits per heavy atom. The monoisotopic (exact) mass is 271 g/mol. The van der Waals surface area contributed by atoms with Crippen LogP contribution < -0.4 is 5.32 Å². The topological polar surface area (TPSA) is 72.9 Å². The zero-order valence-corrected chi connectivity index (χ0v) is 11.9. The highest BCUT2D eigenvalue weighted by atomic mass is 16.4. The van der Waals surface area contributed by atoms with E-state index < -0.39 is 5.97 Å². The minimum Gasteiger partial charge on any atom is -0.480 e. The van der Waals surface area contributed by atoms with Crippen LogP contribution >= 0.6 is 0 Å². The summed E-state index contributed by atoms with van der Waals surface area (Å²) in [5.74, 6) is -0.275. The maximum Gasteiger partial charge on any atom is 0.317 e. The van der Waals surface area contributed by atoms with Gasteiger partial charge in [0.25, 0.3) is 0 Å². The standard InChI is InChI=1S/C13H25N3O3/c1-11(2)8-14-12(17)9-15-4-3-5-16(7-6-15)10-13(18)19/h11H,3-10H2,1-2H3,(H,14,17)(H,18,19). The molecule has 1 saturated heterocycles. The first kappa shape index (κ1) is 15.9. The van der Waals surface area contributed by atoms with Crippen molar-refractivity contribution in [2.24, 2.45) is 5.92 Å². The Labute approximate surface area is 114 Å². The molecule has 1 amide bonds. The first-order valence-electron chi connectivity index (χ1n) is 6.90. The van der Waals surface area contributed by atoms with Gasteiger partial charge in [-0.2, -0.15) is 0 Å². The molecule has 0 bridgehead atoms. The number of nitrogens with zero attached hydrogens (tertiary/aromatic N) is 2. The molecule has 0 atom stereocenters. The van der Waals surface area contributed by atoms with Gasteiger partial charge in [-0.15, -0.1) is 0 Å². The minimum atomic E-state index is -0.789. The number of carboxylic acids is 1. The van der Waals surface area contributed by atoms with Crippen molar-refractivity contribution >= 4 is 11.9 Å². The number of carbonyl (C=O) groups is 2. The van der Waals surface area contributed by atoms with Crippen molar-refractivity contribution in [1.82, 2.24) is 15.1 Å². The van der Waals surface area contributed by atoms with E-state index in [2.05, 4.69) is 24.1 Å². The first-order chi connectivity index (χ1) is 8.97. The molecule has 1 rings (SSSR count). The van der Waals surface area contributed by atoms with Gasteiger partial charge in [-0.3, -0.25) is 19.4 Å². The molecule has 1 aliphatic rings. The number of nitrogens with one attached hydrogen (secondary N) is 1. The summed E-state index contributed by atoms with van der Waals surface area (Å²) < 4.78 is 0. The summed E-state index contributed by atoms with van der Waals surface area (Å²) in [6.07, 6.45) is 0.907. The van der Waals surface area contributed by atoms with E-state index in [1.807, 2.05) is 4.90 Å². The van der Waals surface area contributed by atoms with Crippen LogP contribution in [-0.2, 0) is 9.59 Å². The maximum atomic E-state index is 11.7. The number of carboxylic acid groups (broad SMARTS) is 1. The Bertz CT molecular complexity index is 308. The van der Waals surface area contributed by atoms with Crippen molar-refractivity contribution in [2.75, 3.05) is 45.8 Å². The molecule has 1 aliphatic heterocycles. The molecule has 0 radical (unpaired) electrons. The van der Waals surface area contributed by atoms with Crippen molar-refractivity contribution in [3.63, 3.8) is 0 Å². The largest absolute Gasteiger partial charge is 0.480 e. The van der Waals surface area contributed by atoms with Gasteiger partial charge in [0, 0.05) is 26.2 Å². The third kappa shape index (κ3) is 7.12. The summed E-state index contributed by atoms with van der Waals surface area (Å²) in [6.45, 7) is 8.44. The van der Waals surface area contributed by atoms with Gasteiger partial charge in [-0.25, -0.2) is 0 Å². The van der Waals surface area contributed by atoms with Crippen LogP contribution in [0.2, 0.25) is 0 Å². The third-order valence-corrected chi connectivity index (χ3v) is 3.11. The predicted octanol–water partition coefficient (Wildman–Crippen LogP) is -0.149. The molecule has 0 saturated carbocycles. The molecule has 110 valence electrons. The van der Waals surface area contributed by atoms with E-state index in [1.54, 1.807) is 0 Å². The van der Waals surface area contributed by atoms with Crippen molar-refractivity contribution in [2.45, 2.75) is 20.3 Å². The van der Waals surface area contributed by atoms with Crippen molar-refractivity contribution in [1.29, 1.82) is 0 Å². The fraction of sp³-hybridized carbons (Fsp3) is 0.846. The van der Waals surface area contributed by atoms with Crippen molar-refractivity contribution in [3.8, 4) is 0 Å². The van der Waals surface area contributed by atoms with Crippen LogP contribution in [0, 0.1) is 5.92 Å². The van der Waals surface area contributed by atoms with E-state index in [4.69, 9.17) is 5.11 Å². The van der Waals surface area contributed by atoms with E-state index >= 15 is 0 Å². The molecule has 6 nitrogen and oxygen atoms in total. The van der Waals surface area contributed by atoms with E-state index in [0.29, 0.717) is 25.6 Å². The second kappa shape index (κ2) is 8.12. The maximum absolute atomic E-state index is 11.7. The molecule has 1 fully saturated rings. The number of hydrogen-bond acceptors (Lipinski definition) is 4. The average molecular weight is 271 g/mol. The molecule has 0 aromatic rings. The Balaban J connectivity index is 2.28. The fourth-order valence-corrected chi connectivity index (χ4v) is 2.11. The summed E-state index contributed by atoms with van der Waals surface area (Å²) in [6, 6.07) is 0. The van der Waals surface area contributed by atoms with Crippen LogP contribution in [0.3, 0.4) is 0 Å². The zero-order chi connectivity index (χ0) is 14.3. The summed E-state index contributed by atoms with van der Waals surface area (Å²) in [7, 11) is 0. The van der Waals surface area contributed by atoms with Gasteiger partial charge in [-0.05, 0) is 18.9 Å². The number of carbonyl (C=O) groups excluding carboxylic acids is 1. The lowest BCUT2D eigenvalue weighted by atomic mass is 10.2. The van der Waals surface area contributed by atoms with Crippen LogP contribution in [0.5, 0.6) is 0 Å². The molecular formula is C13H25N3O3. The van der Waals surface area contributed by atoms with Crippen LogP contribution in [0.25, 0.3) is 0 Å². The SMILES string of the molecule is CC(C)CNC(=O)CN1CCCN(CC(=O)O)CC1. The molecule has 0 aromatic heterocycles. The Hall–Kier alpha value is -1.14. The highest BCUT2D eigenvalue weighted by molar-refractivity contribution is 5.78. The predicted molar refractivity (Wildman–Crippen MR) is 73.0 cm³/mol. The number of rotatable bonds is 6. The van der Waals surface area contributed by atoms with Gasteiger partial charge in [0.1, 0.15) is 0 Å². The molecule has 6 heteroatoms. The number of hydrogen-bond donors (Lipinski definition) is 2. The van der Waals surface area contributed by atoms with Crippen LogP contribution in [0.4, 0.5) is 0 Å². The van der Waals surface area contributed by atoms with E-state index in [9.17, 15) is 9.59 Å². The van der Waals surface area contributed by atoms with Gasteiger partial charge in [0.05, 0.1) is 13.1 Å². The van der Waals surface area contributed by atoms with E-state index in [-0.39, 0.29) is 12.5 Å². The zero-order valence-electron chi connectivity index (χ0n) is 11.9. The average Bonchev–Trinajstić information content (AvgIpc) is 2.52. The second-order valence-electron chi connectivity index (χ2n) is 5.50. The molecule has 2 N–H and O–H groups in total. The lowest BCUT2D eigenvalue weighted by molar-refractivity contribution is -0.138. The van der Waals surface area contributed by atoms with E-state index in [1.165, 1.54) is 0 Å². The third-order valence-electron chi connectivity index (χ3n) is 3.11. The van der Waals surface area contributed by atoms with E-state index in [0.717, 1.165) is 26.1 Å². The summed E-state index contributed by atoms with van der Waals surface area (Å²) in [5.41, 5.74) is 0.